The van der Waals surface area contributed by atoms with Crippen LogP contribution in [0, 0.1) is 6.92 Å². The van der Waals surface area contributed by atoms with Gasteiger partial charge in [0.1, 0.15) is 5.75 Å². The van der Waals surface area contributed by atoms with Crippen LogP contribution in [0.5, 0.6) is 5.75 Å². The third-order valence-corrected chi connectivity index (χ3v) is 4.72. The minimum atomic E-state index is -0.160. The Morgan fingerprint density at radius 3 is 2.92 bits per heavy atom. The van der Waals surface area contributed by atoms with Crippen LogP contribution >= 0.6 is 11.8 Å². The molecule has 0 aliphatic carbocycles. The summed E-state index contributed by atoms with van der Waals surface area (Å²) in [5.41, 5.74) is 5.28. The maximum Gasteiger partial charge on any atom is 0.250 e. The first-order chi connectivity index (χ1) is 12.7. The van der Waals surface area contributed by atoms with Gasteiger partial charge in [0.2, 0.25) is 5.91 Å². The summed E-state index contributed by atoms with van der Waals surface area (Å²) in [6, 6.07) is 17.4. The highest BCUT2D eigenvalue weighted by molar-refractivity contribution is 8.00. The zero-order valence-electron chi connectivity index (χ0n) is 14.6. The zero-order chi connectivity index (χ0) is 18.4. The Labute approximate surface area is 156 Å². The number of carbonyl (C=O) groups is 1. The third-order valence-electron chi connectivity index (χ3n) is 3.66. The second-order valence-electron chi connectivity index (χ2n) is 5.64. The van der Waals surface area contributed by atoms with Gasteiger partial charge in [-0.1, -0.05) is 30.3 Å². The van der Waals surface area contributed by atoms with E-state index in [1.165, 1.54) is 11.8 Å². The maximum atomic E-state index is 12.1. The Morgan fingerprint density at radius 1 is 1.23 bits per heavy atom. The molecule has 2 aromatic carbocycles. The van der Waals surface area contributed by atoms with E-state index in [-0.39, 0.29) is 11.7 Å². The summed E-state index contributed by atoms with van der Waals surface area (Å²) in [7, 11) is 1.61. The van der Waals surface area contributed by atoms with Gasteiger partial charge in [0, 0.05) is 16.0 Å². The van der Waals surface area contributed by atoms with Crippen molar-refractivity contribution in [2.24, 2.45) is 5.10 Å². The molecule has 132 valence electrons. The SMILES string of the molecule is COc1cccc(/C=N/NC(=O)CSc2cc(C)nc3ccccc23)c1. The van der Waals surface area contributed by atoms with Crippen molar-refractivity contribution in [1.82, 2.24) is 10.4 Å². The number of aromatic nitrogens is 1. The van der Waals surface area contributed by atoms with Gasteiger partial charge in [-0.2, -0.15) is 5.10 Å². The Hall–Kier alpha value is -2.86. The van der Waals surface area contributed by atoms with Crippen molar-refractivity contribution in [3.63, 3.8) is 0 Å². The van der Waals surface area contributed by atoms with Gasteiger partial charge in [-0.15, -0.1) is 11.8 Å². The summed E-state index contributed by atoms with van der Waals surface area (Å²) < 4.78 is 5.16. The number of rotatable bonds is 6. The van der Waals surface area contributed by atoms with Crippen molar-refractivity contribution in [3.05, 3.63) is 65.9 Å². The number of pyridine rings is 1. The van der Waals surface area contributed by atoms with Crippen LogP contribution in [0.2, 0.25) is 0 Å². The molecule has 1 amide bonds. The highest BCUT2D eigenvalue weighted by Crippen LogP contribution is 2.27. The van der Waals surface area contributed by atoms with Gasteiger partial charge < -0.3 is 4.74 Å². The number of ether oxygens (including phenoxy) is 1. The summed E-state index contributed by atoms with van der Waals surface area (Å²) in [5, 5.41) is 5.05. The number of amides is 1. The lowest BCUT2D eigenvalue weighted by Crippen LogP contribution is -2.19. The summed E-state index contributed by atoms with van der Waals surface area (Å²) in [6.45, 7) is 1.95. The van der Waals surface area contributed by atoms with Crippen molar-refractivity contribution in [2.45, 2.75) is 11.8 Å². The molecule has 0 unspecified atom stereocenters. The molecule has 0 atom stereocenters. The van der Waals surface area contributed by atoms with Crippen molar-refractivity contribution in [2.75, 3.05) is 12.9 Å². The molecule has 1 aromatic heterocycles. The summed E-state index contributed by atoms with van der Waals surface area (Å²) in [4.78, 5) is 17.6. The van der Waals surface area contributed by atoms with E-state index in [0.29, 0.717) is 0 Å². The number of carbonyl (C=O) groups excluding carboxylic acids is 1. The average molecular weight is 365 g/mol. The van der Waals surface area contributed by atoms with Crippen molar-refractivity contribution < 1.29 is 9.53 Å². The van der Waals surface area contributed by atoms with Gasteiger partial charge in [-0.25, -0.2) is 5.43 Å². The largest absolute Gasteiger partial charge is 0.497 e. The van der Waals surface area contributed by atoms with Gasteiger partial charge in [0.15, 0.2) is 0 Å². The number of para-hydroxylation sites is 1. The molecular weight excluding hydrogens is 346 g/mol. The Balaban J connectivity index is 1.60. The molecule has 0 saturated carbocycles. The van der Waals surface area contributed by atoms with Gasteiger partial charge in [0.25, 0.3) is 0 Å². The monoisotopic (exact) mass is 365 g/mol. The van der Waals surface area contributed by atoms with Gasteiger partial charge in [-0.05, 0) is 36.8 Å². The lowest BCUT2D eigenvalue weighted by Gasteiger charge is -2.07. The predicted octanol–water partition coefficient (Wildman–Crippen LogP) is 3.79. The van der Waals surface area contributed by atoms with Gasteiger partial charge >= 0.3 is 0 Å². The number of benzene rings is 2. The number of methoxy groups -OCH3 is 1. The highest BCUT2D eigenvalue weighted by atomic mass is 32.2. The molecule has 0 bridgehead atoms. The second kappa shape index (κ2) is 8.49. The van der Waals surface area contributed by atoms with E-state index in [2.05, 4.69) is 15.5 Å². The second-order valence-corrected chi connectivity index (χ2v) is 6.65. The molecule has 3 rings (SSSR count). The summed E-state index contributed by atoms with van der Waals surface area (Å²) in [6.07, 6.45) is 1.59. The van der Waals surface area contributed by atoms with E-state index in [1.807, 2.05) is 61.5 Å². The van der Waals surface area contributed by atoms with Crippen LogP contribution in [0.1, 0.15) is 11.3 Å². The van der Waals surface area contributed by atoms with E-state index < -0.39 is 0 Å². The number of hydrazone groups is 1. The van der Waals surface area contributed by atoms with Crippen LogP contribution in [0.25, 0.3) is 10.9 Å². The van der Waals surface area contributed by atoms with Crippen molar-refractivity contribution in [1.29, 1.82) is 0 Å². The molecule has 26 heavy (non-hydrogen) atoms. The van der Waals surface area contributed by atoms with Crippen molar-refractivity contribution in [3.8, 4) is 5.75 Å². The minimum Gasteiger partial charge on any atom is -0.497 e. The van der Waals surface area contributed by atoms with Crippen LogP contribution in [0.15, 0.2) is 64.6 Å². The predicted molar refractivity (Wildman–Crippen MR) is 106 cm³/mol. The lowest BCUT2D eigenvalue weighted by atomic mass is 10.2. The molecule has 5 nitrogen and oxygen atoms in total. The zero-order valence-corrected chi connectivity index (χ0v) is 15.4. The van der Waals surface area contributed by atoms with Crippen LogP contribution in [0.4, 0.5) is 0 Å². The number of hydrogen-bond donors (Lipinski definition) is 1. The molecule has 0 aliphatic heterocycles. The summed E-state index contributed by atoms with van der Waals surface area (Å²) in [5.74, 6) is 0.867. The Kier molecular flexibility index (Phi) is 5.86. The molecule has 1 N–H and O–H groups in total. The first-order valence-electron chi connectivity index (χ1n) is 8.11. The number of aryl methyl sites for hydroxylation is 1. The van der Waals surface area contributed by atoms with Crippen LogP contribution in [-0.4, -0.2) is 30.0 Å². The molecule has 1 heterocycles. The van der Waals surface area contributed by atoms with E-state index in [1.54, 1.807) is 13.3 Å². The van der Waals surface area contributed by atoms with E-state index in [9.17, 15) is 4.79 Å². The number of thioether (sulfide) groups is 1. The smallest absolute Gasteiger partial charge is 0.250 e. The van der Waals surface area contributed by atoms with Crippen LogP contribution in [0.3, 0.4) is 0 Å². The van der Waals surface area contributed by atoms with E-state index in [0.717, 1.165) is 32.8 Å². The maximum absolute atomic E-state index is 12.1. The van der Waals surface area contributed by atoms with Crippen molar-refractivity contribution >= 4 is 34.8 Å². The molecule has 3 aromatic rings. The first kappa shape index (κ1) is 17.9. The fraction of sp³-hybridized carbons (Fsp3) is 0.150. The molecule has 0 aliphatic rings. The first-order valence-corrected chi connectivity index (χ1v) is 9.09. The third kappa shape index (κ3) is 4.61. The normalized spacial score (nSPS) is 11.0. The Bertz CT molecular complexity index is 957. The highest BCUT2D eigenvalue weighted by Gasteiger charge is 2.07. The number of nitrogens with one attached hydrogen (secondary N) is 1. The standard InChI is InChI=1S/C20H19N3O2S/c1-14-10-19(17-8-3-4-9-18(17)22-14)26-13-20(24)23-21-12-15-6-5-7-16(11-15)25-2/h3-12H,13H2,1-2H3,(H,23,24)/b21-12+. The van der Waals surface area contributed by atoms with Crippen LogP contribution < -0.4 is 10.2 Å². The van der Waals surface area contributed by atoms with Gasteiger partial charge in [0.05, 0.1) is 24.6 Å². The quantitative estimate of drug-likeness (QED) is 0.410. The fourth-order valence-electron chi connectivity index (χ4n) is 2.46. The van der Waals surface area contributed by atoms with Crippen LogP contribution in [-0.2, 0) is 4.79 Å². The minimum absolute atomic E-state index is 0.160. The van der Waals surface area contributed by atoms with E-state index in [4.69, 9.17) is 4.74 Å². The number of fused-ring (bicyclic) bond motifs is 1. The Morgan fingerprint density at radius 2 is 2.08 bits per heavy atom. The summed E-state index contributed by atoms with van der Waals surface area (Å²) >= 11 is 1.48. The molecule has 0 fully saturated rings. The molecule has 6 heteroatoms. The molecular formula is C20H19N3O2S. The fourth-order valence-corrected chi connectivity index (χ4v) is 3.40. The topological polar surface area (TPSA) is 63.6 Å². The lowest BCUT2D eigenvalue weighted by molar-refractivity contribution is -0.118. The molecule has 0 saturated heterocycles. The van der Waals surface area contributed by atoms with Gasteiger partial charge in [-0.3, -0.25) is 9.78 Å². The number of hydrogen-bond acceptors (Lipinski definition) is 5. The average Bonchev–Trinajstić information content (AvgIpc) is 2.66. The molecule has 0 spiro atoms. The number of nitrogens with zero attached hydrogens (tertiary/aromatic N) is 2. The molecule has 0 radical (unpaired) electrons. The van der Waals surface area contributed by atoms with E-state index >= 15 is 0 Å².